The molecule has 2 heterocycles. The van der Waals surface area contributed by atoms with Crippen molar-refractivity contribution in [2.45, 2.75) is 38.0 Å². The number of rotatable bonds is 5. The third-order valence-corrected chi connectivity index (χ3v) is 4.49. The largest absolute Gasteiger partial charge is 0.389 e. The van der Waals surface area contributed by atoms with Gasteiger partial charge in [-0.2, -0.15) is 0 Å². The Morgan fingerprint density at radius 1 is 1.50 bits per heavy atom. The van der Waals surface area contributed by atoms with E-state index in [1.807, 2.05) is 0 Å². The lowest BCUT2D eigenvalue weighted by atomic mass is 9.88. The molecule has 1 atom stereocenters. The molecule has 1 unspecified atom stereocenters. The maximum atomic E-state index is 10.3. The zero-order valence-electron chi connectivity index (χ0n) is 10.7. The van der Waals surface area contributed by atoms with Crippen molar-refractivity contribution in [3.63, 3.8) is 0 Å². The van der Waals surface area contributed by atoms with Crippen LogP contribution >= 0.6 is 11.3 Å². The minimum atomic E-state index is -0.991. The van der Waals surface area contributed by atoms with Gasteiger partial charge in [-0.15, -0.1) is 11.3 Å². The molecule has 1 aliphatic heterocycles. The zero-order chi connectivity index (χ0) is 13.0. The van der Waals surface area contributed by atoms with Crippen LogP contribution in [0.2, 0.25) is 0 Å². The van der Waals surface area contributed by atoms with Gasteiger partial charge in [0.05, 0.1) is 11.7 Å². The Balaban J connectivity index is 1.77. The van der Waals surface area contributed by atoms with Gasteiger partial charge in [0.25, 0.3) is 0 Å². The molecule has 2 rings (SSSR count). The molecule has 0 aliphatic carbocycles. The molecule has 1 aromatic heterocycles. The van der Waals surface area contributed by atoms with Crippen LogP contribution in [0.1, 0.15) is 23.3 Å². The number of hydrogen-bond acceptors (Lipinski definition) is 5. The molecule has 1 fully saturated rings. The minimum Gasteiger partial charge on any atom is -0.389 e. The standard InChI is InChI=1S/C13H21NO3S/c1-10-11(2-7-18-10)8-14-9-12(15)13(16)3-5-17-6-4-13/h2,7,12,14-16H,3-6,8-9H2,1H3. The molecule has 1 aromatic rings. The van der Waals surface area contributed by atoms with Crippen LogP contribution in [0.5, 0.6) is 0 Å². The molecule has 102 valence electrons. The summed E-state index contributed by atoms with van der Waals surface area (Å²) >= 11 is 1.72. The second-order valence-electron chi connectivity index (χ2n) is 4.86. The summed E-state index contributed by atoms with van der Waals surface area (Å²) in [6.45, 7) is 4.28. The van der Waals surface area contributed by atoms with Gasteiger partial charge in [0, 0.05) is 44.0 Å². The molecule has 3 N–H and O–H groups in total. The molecule has 0 radical (unpaired) electrons. The highest BCUT2D eigenvalue weighted by Gasteiger charge is 2.36. The van der Waals surface area contributed by atoms with Gasteiger partial charge >= 0.3 is 0 Å². The number of hydrogen-bond donors (Lipinski definition) is 3. The fourth-order valence-electron chi connectivity index (χ4n) is 2.19. The van der Waals surface area contributed by atoms with Crippen molar-refractivity contribution in [1.29, 1.82) is 0 Å². The van der Waals surface area contributed by atoms with Crippen LogP contribution in [-0.2, 0) is 11.3 Å². The van der Waals surface area contributed by atoms with Crippen LogP contribution in [0.3, 0.4) is 0 Å². The lowest BCUT2D eigenvalue weighted by molar-refractivity contribution is -0.130. The Kier molecular flexibility index (Phi) is 4.75. The summed E-state index contributed by atoms with van der Waals surface area (Å²) in [6, 6.07) is 2.09. The highest BCUT2D eigenvalue weighted by Crippen LogP contribution is 2.24. The van der Waals surface area contributed by atoms with Gasteiger partial charge in [-0.05, 0) is 23.9 Å². The number of aryl methyl sites for hydroxylation is 1. The summed E-state index contributed by atoms with van der Waals surface area (Å²) in [5, 5.41) is 25.6. The van der Waals surface area contributed by atoms with Gasteiger partial charge in [0.2, 0.25) is 0 Å². The Morgan fingerprint density at radius 3 is 2.83 bits per heavy atom. The van der Waals surface area contributed by atoms with Gasteiger partial charge in [0.1, 0.15) is 0 Å². The van der Waals surface area contributed by atoms with Crippen molar-refractivity contribution in [2.75, 3.05) is 19.8 Å². The summed E-state index contributed by atoms with van der Waals surface area (Å²) in [5.41, 5.74) is 0.265. The maximum absolute atomic E-state index is 10.3. The first-order valence-electron chi connectivity index (χ1n) is 6.34. The third-order valence-electron chi connectivity index (χ3n) is 3.60. The Bertz CT molecular complexity index is 374. The van der Waals surface area contributed by atoms with E-state index in [1.54, 1.807) is 11.3 Å². The summed E-state index contributed by atoms with van der Waals surface area (Å²) in [5.74, 6) is 0. The Morgan fingerprint density at radius 2 is 2.22 bits per heavy atom. The molecule has 0 bridgehead atoms. The smallest absolute Gasteiger partial charge is 0.0961 e. The number of aliphatic hydroxyl groups is 2. The second kappa shape index (κ2) is 6.12. The lowest BCUT2D eigenvalue weighted by Gasteiger charge is -2.36. The van der Waals surface area contributed by atoms with Gasteiger partial charge in [-0.1, -0.05) is 0 Å². The third kappa shape index (κ3) is 3.30. The summed E-state index contributed by atoms with van der Waals surface area (Å²) in [4.78, 5) is 1.29. The number of aliphatic hydroxyl groups excluding tert-OH is 1. The average Bonchev–Trinajstić information content (AvgIpc) is 2.76. The molecule has 0 saturated carbocycles. The van der Waals surface area contributed by atoms with E-state index in [0.717, 1.165) is 6.54 Å². The second-order valence-corrected chi connectivity index (χ2v) is 5.98. The highest BCUT2D eigenvalue weighted by atomic mass is 32.1. The zero-order valence-corrected chi connectivity index (χ0v) is 11.5. The monoisotopic (exact) mass is 271 g/mol. The van der Waals surface area contributed by atoms with Crippen LogP contribution < -0.4 is 5.32 Å². The first-order chi connectivity index (χ1) is 8.62. The molecule has 0 spiro atoms. The van der Waals surface area contributed by atoms with Crippen molar-refractivity contribution in [3.8, 4) is 0 Å². The Hall–Kier alpha value is -0.460. The van der Waals surface area contributed by atoms with Crippen molar-refractivity contribution in [3.05, 3.63) is 21.9 Å². The molecule has 0 amide bonds. The predicted molar refractivity (Wildman–Crippen MR) is 71.8 cm³/mol. The van der Waals surface area contributed by atoms with Crippen molar-refractivity contribution in [2.24, 2.45) is 0 Å². The maximum Gasteiger partial charge on any atom is 0.0961 e. The number of thiophene rings is 1. The van der Waals surface area contributed by atoms with Crippen molar-refractivity contribution < 1.29 is 14.9 Å². The Labute approximate surface area is 112 Å². The van der Waals surface area contributed by atoms with E-state index >= 15 is 0 Å². The van der Waals surface area contributed by atoms with Crippen LogP contribution in [-0.4, -0.2) is 41.7 Å². The normalized spacial score (nSPS) is 20.8. The van der Waals surface area contributed by atoms with Crippen LogP contribution in [0.25, 0.3) is 0 Å². The predicted octanol–water partition coefficient (Wildman–Crippen LogP) is 1.05. The first kappa shape index (κ1) is 14.0. The van der Waals surface area contributed by atoms with E-state index in [4.69, 9.17) is 4.74 Å². The lowest BCUT2D eigenvalue weighted by Crippen LogP contribution is -2.50. The summed E-state index contributed by atoms with van der Waals surface area (Å²) < 4.78 is 5.20. The van der Waals surface area contributed by atoms with Crippen LogP contribution in [0.4, 0.5) is 0 Å². The minimum absolute atomic E-state index is 0.409. The van der Waals surface area contributed by atoms with Gasteiger partial charge in [-0.3, -0.25) is 0 Å². The van der Waals surface area contributed by atoms with E-state index in [-0.39, 0.29) is 0 Å². The quantitative estimate of drug-likeness (QED) is 0.749. The van der Waals surface area contributed by atoms with Gasteiger partial charge < -0.3 is 20.3 Å². The fourth-order valence-corrected chi connectivity index (χ4v) is 2.91. The number of ether oxygens (including phenoxy) is 1. The molecular formula is C13H21NO3S. The van der Waals surface area contributed by atoms with Gasteiger partial charge in [0.15, 0.2) is 0 Å². The highest BCUT2D eigenvalue weighted by molar-refractivity contribution is 7.10. The molecule has 5 heteroatoms. The summed E-state index contributed by atoms with van der Waals surface area (Å²) in [7, 11) is 0. The molecule has 4 nitrogen and oxygen atoms in total. The molecule has 1 saturated heterocycles. The first-order valence-corrected chi connectivity index (χ1v) is 7.22. The molecule has 0 aromatic carbocycles. The van der Waals surface area contributed by atoms with E-state index in [1.165, 1.54) is 10.4 Å². The SMILES string of the molecule is Cc1sccc1CNCC(O)C1(O)CCOCC1. The number of nitrogens with one attached hydrogen (secondary N) is 1. The van der Waals surface area contributed by atoms with Crippen LogP contribution in [0.15, 0.2) is 11.4 Å². The van der Waals surface area contributed by atoms with E-state index in [0.29, 0.717) is 32.6 Å². The van der Waals surface area contributed by atoms with Gasteiger partial charge in [-0.25, -0.2) is 0 Å². The van der Waals surface area contributed by atoms with E-state index < -0.39 is 11.7 Å². The topological polar surface area (TPSA) is 61.7 Å². The molecule has 1 aliphatic rings. The molecule has 18 heavy (non-hydrogen) atoms. The van der Waals surface area contributed by atoms with Crippen molar-refractivity contribution >= 4 is 11.3 Å². The average molecular weight is 271 g/mol. The van der Waals surface area contributed by atoms with Crippen molar-refractivity contribution in [1.82, 2.24) is 5.32 Å². The fraction of sp³-hybridized carbons (Fsp3) is 0.692. The summed E-state index contributed by atoms with van der Waals surface area (Å²) in [6.07, 6.45) is 0.279. The molecular weight excluding hydrogens is 250 g/mol. The van der Waals surface area contributed by atoms with Crippen LogP contribution in [0, 0.1) is 6.92 Å². The van der Waals surface area contributed by atoms with E-state index in [9.17, 15) is 10.2 Å². The van der Waals surface area contributed by atoms with E-state index in [2.05, 4.69) is 23.7 Å².